The van der Waals surface area contributed by atoms with E-state index in [0.29, 0.717) is 11.3 Å². The van der Waals surface area contributed by atoms with Crippen LogP contribution in [0.1, 0.15) is 17.2 Å². The van der Waals surface area contributed by atoms with Crippen molar-refractivity contribution in [2.75, 3.05) is 13.7 Å². The Bertz CT molecular complexity index is 325. The normalized spacial score (nSPS) is 12.6. The number of ether oxygens (including phenoxy) is 1. The van der Waals surface area contributed by atoms with E-state index in [9.17, 15) is 5.11 Å². The Labute approximate surface area is 82.9 Å². The first-order valence-corrected chi connectivity index (χ1v) is 4.34. The molecule has 0 saturated carbocycles. The van der Waals surface area contributed by atoms with Crippen molar-refractivity contribution in [1.82, 2.24) is 0 Å². The molecule has 0 radical (unpaired) electrons. The molecule has 0 aliphatic rings. The van der Waals surface area contributed by atoms with Crippen LogP contribution in [0.5, 0.6) is 11.5 Å². The number of benzene rings is 1. The number of rotatable bonds is 3. The van der Waals surface area contributed by atoms with Crippen molar-refractivity contribution in [2.45, 2.75) is 13.0 Å². The van der Waals surface area contributed by atoms with Crippen LogP contribution < -0.4 is 10.5 Å². The van der Waals surface area contributed by atoms with Gasteiger partial charge >= 0.3 is 0 Å². The number of hydrogen-bond donors (Lipinski definition) is 3. The highest BCUT2D eigenvalue weighted by Gasteiger charge is 2.12. The van der Waals surface area contributed by atoms with E-state index in [4.69, 9.17) is 15.6 Å². The van der Waals surface area contributed by atoms with Gasteiger partial charge in [0.05, 0.1) is 19.8 Å². The number of aryl methyl sites for hydroxylation is 1. The molecule has 0 saturated heterocycles. The van der Waals surface area contributed by atoms with Crippen molar-refractivity contribution in [3.8, 4) is 11.5 Å². The highest BCUT2D eigenvalue weighted by atomic mass is 16.5. The standard InChI is InChI=1S/C10H15NO3/c1-6-3-7(8(11)5-12)9(13)4-10(6)14-2/h3-4,8,12-13H,5,11H2,1-2H3. The van der Waals surface area contributed by atoms with E-state index in [1.807, 2.05) is 6.92 Å². The summed E-state index contributed by atoms with van der Waals surface area (Å²) in [5.74, 6) is 0.658. The van der Waals surface area contributed by atoms with Gasteiger partial charge < -0.3 is 20.7 Å². The second kappa shape index (κ2) is 4.30. The Hall–Kier alpha value is -1.26. The smallest absolute Gasteiger partial charge is 0.125 e. The van der Waals surface area contributed by atoms with E-state index < -0.39 is 6.04 Å². The number of phenolic OH excluding ortho intramolecular Hbond substituents is 1. The maximum absolute atomic E-state index is 9.58. The zero-order valence-electron chi connectivity index (χ0n) is 8.32. The van der Waals surface area contributed by atoms with Crippen molar-refractivity contribution in [3.63, 3.8) is 0 Å². The molecule has 4 nitrogen and oxygen atoms in total. The predicted octanol–water partition coefficient (Wildman–Crippen LogP) is 0.701. The molecule has 4 heteroatoms. The molecule has 4 N–H and O–H groups in total. The molecular weight excluding hydrogens is 182 g/mol. The molecule has 1 rings (SSSR count). The van der Waals surface area contributed by atoms with Crippen molar-refractivity contribution in [1.29, 1.82) is 0 Å². The van der Waals surface area contributed by atoms with E-state index >= 15 is 0 Å². The summed E-state index contributed by atoms with van der Waals surface area (Å²) in [6, 6.07) is 2.66. The van der Waals surface area contributed by atoms with Crippen LogP contribution in [-0.4, -0.2) is 23.9 Å². The quantitative estimate of drug-likeness (QED) is 0.666. The largest absolute Gasteiger partial charge is 0.507 e. The van der Waals surface area contributed by atoms with Crippen LogP contribution in [0.3, 0.4) is 0 Å². The average Bonchev–Trinajstić information content (AvgIpc) is 2.19. The number of aliphatic hydroxyl groups is 1. The molecule has 0 fully saturated rings. The van der Waals surface area contributed by atoms with E-state index in [-0.39, 0.29) is 12.4 Å². The fourth-order valence-electron chi connectivity index (χ4n) is 1.31. The first kappa shape index (κ1) is 10.8. The summed E-state index contributed by atoms with van der Waals surface area (Å²) in [6.45, 7) is 1.66. The maximum atomic E-state index is 9.58. The van der Waals surface area contributed by atoms with Crippen molar-refractivity contribution in [3.05, 3.63) is 23.3 Å². The zero-order valence-corrected chi connectivity index (χ0v) is 8.32. The van der Waals surface area contributed by atoms with Gasteiger partial charge in [-0.1, -0.05) is 0 Å². The van der Waals surface area contributed by atoms with Gasteiger partial charge in [-0.25, -0.2) is 0 Å². The summed E-state index contributed by atoms with van der Waals surface area (Å²) in [5.41, 5.74) is 7.02. The van der Waals surface area contributed by atoms with Gasteiger partial charge in [0.15, 0.2) is 0 Å². The van der Waals surface area contributed by atoms with Crippen molar-refractivity contribution in [2.24, 2.45) is 5.73 Å². The molecule has 1 aromatic carbocycles. The van der Waals surface area contributed by atoms with Gasteiger partial charge in [-0.05, 0) is 18.6 Å². The SMILES string of the molecule is COc1cc(O)c(C(N)CO)cc1C. The molecule has 1 unspecified atom stereocenters. The molecule has 0 bridgehead atoms. The predicted molar refractivity (Wildman–Crippen MR) is 53.4 cm³/mol. The summed E-state index contributed by atoms with van der Waals surface area (Å²) in [4.78, 5) is 0. The molecule has 0 heterocycles. The highest BCUT2D eigenvalue weighted by molar-refractivity contribution is 5.46. The first-order valence-electron chi connectivity index (χ1n) is 4.34. The van der Waals surface area contributed by atoms with E-state index in [0.717, 1.165) is 5.56 Å². The fourth-order valence-corrected chi connectivity index (χ4v) is 1.31. The first-order chi connectivity index (χ1) is 6.60. The summed E-state index contributed by atoms with van der Waals surface area (Å²) in [6.07, 6.45) is 0. The third-order valence-electron chi connectivity index (χ3n) is 2.14. The van der Waals surface area contributed by atoms with Crippen LogP contribution in [0.4, 0.5) is 0 Å². The third-order valence-corrected chi connectivity index (χ3v) is 2.14. The minimum absolute atomic E-state index is 0.0500. The molecule has 14 heavy (non-hydrogen) atoms. The topological polar surface area (TPSA) is 75.7 Å². The molecule has 0 amide bonds. The Kier molecular flexibility index (Phi) is 3.33. The fraction of sp³-hybridized carbons (Fsp3) is 0.400. The number of hydrogen-bond acceptors (Lipinski definition) is 4. The van der Waals surface area contributed by atoms with Gasteiger partial charge in [-0.15, -0.1) is 0 Å². The third kappa shape index (κ3) is 1.97. The van der Waals surface area contributed by atoms with Crippen LogP contribution in [0, 0.1) is 6.92 Å². The second-order valence-corrected chi connectivity index (χ2v) is 3.17. The lowest BCUT2D eigenvalue weighted by Gasteiger charge is -2.13. The molecule has 1 atom stereocenters. The Morgan fingerprint density at radius 1 is 1.50 bits per heavy atom. The van der Waals surface area contributed by atoms with Crippen molar-refractivity contribution < 1.29 is 14.9 Å². The molecule has 0 aliphatic carbocycles. The van der Waals surface area contributed by atoms with Gasteiger partial charge in [-0.2, -0.15) is 0 Å². The maximum Gasteiger partial charge on any atom is 0.125 e. The molecule has 0 aliphatic heterocycles. The van der Waals surface area contributed by atoms with E-state index in [1.54, 1.807) is 6.07 Å². The highest BCUT2D eigenvalue weighted by Crippen LogP contribution is 2.30. The molecule has 1 aromatic rings. The number of nitrogens with two attached hydrogens (primary N) is 1. The van der Waals surface area contributed by atoms with Gasteiger partial charge in [0.25, 0.3) is 0 Å². The number of methoxy groups -OCH3 is 1. The second-order valence-electron chi connectivity index (χ2n) is 3.17. The number of phenols is 1. The van der Waals surface area contributed by atoms with Gasteiger partial charge in [0.1, 0.15) is 11.5 Å². The van der Waals surface area contributed by atoms with Gasteiger partial charge in [0, 0.05) is 11.6 Å². The number of aromatic hydroxyl groups is 1. The molecular formula is C10H15NO3. The number of aliphatic hydroxyl groups excluding tert-OH is 1. The Balaban J connectivity index is 3.14. The lowest BCUT2D eigenvalue weighted by atomic mass is 10.0. The summed E-state index contributed by atoms with van der Waals surface area (Å²) < 4.78 is 5.03. The minimum atomic E-state index is -0.556. The lowest BCUT2D eigenvalue weighted by molar-refractivity contribution is 0.265. The molecule has 0 aromatic heterocycles. The summed E-state index contributed by atoms with van der Waals surface area (Å²) >= 11 is 0. The Morgan fingerprint density at radius 3 is 2.64 bits per heavy atom. The minimum Gasteiger partial charge on any atom is -0.507 e. The molecule has 78 valence electrons. The average molecular weight is 197 g/mol. The Morgan fingerprint density at radius 2 is 2.14 bits per heavy atom. The van der Waals surface area contributed by atoms with Crippen LogP contribution in [-0.2, 0) is 0 Å². The van der Waals surface area contributed by atoms with Crippen LogP contribution in [0.25, 0.3) is 0 Å². The van der Waals surface area contributed by atoms with Crippen molar-refractivity contribution >= 4 is 0 Å². The monoisotopic (exact) mass is 197 g/mol. The van der Waals surface area contributed by atoms with Gasteiger partial charge in [0.2, 0.25) is 0 Å². The lowest BCUT2D eigenvalue weighted by Crippen LogP contribution is -2.14. The van der Waals surface area contributed by atoms with E-state index in [2.05, 4.69) is 0 Å². The zero-order chi connectivity index (χ0) is 10.7. The van der Waals surface area contributed by atoms with Crippen LogP contribution in [0.15, 0.2) is 12.1 Å². The summed E-state index contributed by atoms with van der Waals surface area (Å²) in [5, 5.41) is 18.4. The van der Waals surface area contributed by atoms with E-state index in [1.165, 1.54) is 13.2 Å². The van der Waals surface area contributed by atoms with Crippen LogP contribution >= 0.6 is 0 Å². The van der Waals surface area contributed by atoms with Gasteiger partial charge in [-0.3, -0.25) is 0 Å². The summed E-state index contributed by atoms with van der Waals surface area (Å²) in [7, 11) is 1.54. The molecule has 0 spiro atoms. The van der Waals surface area contributed by atoms with Crippen LogP contribution in [0.2, 0.25) is 0 Å².